The van der Waals surface area contributed by atoms with E-state index in [1.54, 1.807) is 12.1 Å². The monoisotopic (exact) mass is 530 g/mol. The van der Waals surface area contributed by atoms with Gasteiger partial charge in [0.1, 0.15) is 17.6 Å². The van der Waals surface area contributed by atoms with Gasteiger partial charge in [0.25, 0.3) is 0 Å². The fourth-order valence-corrected chi connectivity index (χ4v) is 6.23. The van der Waals surface area contributed by atoms with Crippen molar-refractivity contribution in [1.82, 2.24) is 20.2 Å². The molecule has 0 atom stereocenters. The van der Waals surface area contributed by atoms with E-state index in [1.807, 2.05) is 12.3 Å². The summed E-state index contributed by atoms with van der Waals surface area (Å²) < 4.78 is 6.15. The lowest BCUT2D eigenvalue weighted by molar-refractivity contribution is 0.146. The number of halogens is 1. The Bertz CT molecular complexity index is 1260. The number of anilines is 1. The third-order valence-electron chi connectivity index (χ3n) is 8.26. The maximum absolute atomic E-state index is 9.06. The van der Waals surface area contributed by atoms with Crippen LogP contribution >= 0.6 is 11.6 Å². The zero-order valence-corrected chi connectivity index (χ0v) is 22.5. The zero-order chi connectivity index (χ0) is 25.9. The van der Waals surface area contributed by atoms with Crippen LogP contribution in [0.3, 0.4) is 0 Å². The first kappa shape index (κ1) is 25.2. The number of benzene rings is 2. The molecule has 0 unspecified atom stereocenters. The molecule has 3 heterocycles. The summed E-state index contributed by atoms with van der Waals surface area (Å²) in [5.74, 6) is 2.92. The second kappa shape index (κ2) is 11.4. The highest BCUT2D eigenvalue weighted by atomic mass is 35.5. The third kappa shape index (κ3) is 5.68. The van der Waals surface area contributed by atoms with Crippen LogP contribution in [0.2, 0.25) is 5.02 Å². The van der Waals surface area contributed by atoms with Crippen LogP contribution in [0.5, 0.6) is 5.75 Å². The average molecular weight is 531 g/mol. The molecule has 3 aromatic rings. The number of hydrogen-bond donors (Lipinski definition) is 2. The molecule has 1 aromatic heterocycles. The molecule has 3 aliphatic rings. The van der Waals surface area contributed by atoms with Gasteiger partial charge in [-0.15, -0.1) is 0 Å². The van der Waals surface area contributed by atoms with Gasteiger partial charge in [0.05, 0.1) is 16.7 Å². The molecule has 2 saturated heterocycles. The highest BCUT2D eigenvalue weighted by Crippen LogP contribution is 2.35. The van der Waals surface area contributed by atoms with Gasteiger partial charge in [0.15, 0.2) is 0 Å². The summed E-state index contributed by atoms with van der Waals surface area (Å²) >= 11 is 6.16. The van der Waals surface area contributed by atoms with E-state index in [2.05, 4.69) is 50.4 Å². The van der Waals surface area contributed by atoms with Gasteiger partial charge < -0.3 is 24.8 Å². The van der Waals surface area contributed by atoms with Crippen molar-refractivity contribution in [1.29, 1.82) is 5.26 Å². The zero-order valence-electron chi connectivity index (χ0n) is 21.7. The van der Waals surface area contributed by atoms with E-state index in [1.165, 1.54) is 31.0 Å². The van der Waals surface area contributed by atoms with E-state index < -0.39 is 0 Å². The quantitative estimate of drug-likeness (QED) is 0.445. The Hall–Kier alpha value is -3.05. The van der Waals surface area contributed by atoms with Crippen molar-refractivity contribution in [2.45, 2.75) is 37.7 Å². The summed E-state index contributed by atoms with van der Waals surface area (Å²) in [5.41, 5.74) is 4.12. The number of H-pyrrole nitrogens is 1. The molecule has 8 heteroatoms. The Morgan fingerprint density at radius 1 is 1.03 bits per heavy atom. The first-order chi connectivity index (χ1) is 18.6. The molecule has 0 bridgehead atoms. The molecule has 0 radical (unpaired) electrons. The molecule has 0 spiro atoms. The van der Waals surface area contributed by atoms with E-state index in [0.717, 1.165) is 74.9 Å². The summed E-state index contributed by atoms with van der Waals surface area (Å²) in [4.78, 5) is 13.4. The first-order valence-electron chi connectivity index (χ1n) is 13.8. The number of nitrogens with one attached hydrogen (secondary N) is 2. The van der Waals surface area contributed by atoms with E-state index >= 15 is 0 Å². The number of rotatable bonds is 7. The number of aromatic nitrogens is 2. The molecule has 2 N–H and O–H groups in total. The number of imidazole rings is 1. The number of nitriles is 1. The van der Waals surface area contributed by atoms with Gasteiger partial charge in [0.2, 0.25) is 0 Å². The largest absolute Gasteiger partial charge is 0.490 e. The first-order valence-corrected chi connectivity index (χ1v) is 14.2. The molecule has 198 valence electrons. The highest BCUT2D eigenvalue weighted by molar-refractivity contribution is 6.31. The lowest BCUT2D eigenvalue weighted by Crippen LogP contribution is -2.54. The molecule has 2 aliphatic heterocycles. The standard InChI is InChI=1S/C30H35ClN6O/c31-28-15-27(10-5-24(28)16-32)38-26-8-3-22(4-9-26)29-17-34-30(35-29)23-1-6-25(7-2-23)37-19-21(20-37)18-36-13-11-33-12-14-36/h1-2,5-7,10,15,17,21-22,26,33H,3-4,8-9,11-14,18-20H2,(H,34,35). The Morgan fingerprint density at radius 2 is 1.79 bits per heavy atom. The van der Waals surface area contributed by atoms with E-state index in [0.29, 0.717) is 16.5 Å². The number of piperazine rings is 1. The second-order valence-corrected chi connectivity index (χ2v) is 11.3. The molecule has 1 saturated carbocycles. The second-order valence-electron chi connectivity index (χ2n) is 10.9. The molecule has 6 rings (SSSR count). The van der Waals surface area contributed by atoms with Crippen LogP contribution < -0.4 is 15.0 Å². The van der Waals surface area contributed by atoms with Crippen molar-refractivity contribution < 1.29 is 4.74 Å². The van der Waals surface area contributed by atoms with Crippen molar-refractivity contribution in [3.63, 3.8) is 0 Å². The normalized spacial score (nSPS) is 22.6. The predicted molar refractivity (Wildman–Crippen MR) is 151 cm³/mol. The molecule has 1 aliphatic carbocycles. The molecule has 38 heavy (non-hydrogen) atoms. The Balaban J connectivity index is 0.986. The van der Waals surface area contributed by atoms with Crippen LogP contribution in [-0.2, 0) is 0 Å². The summed E-state index contributed by atoms with van der Waals surface area (Å²) in [5, 5.41) is 12.9. The van der Waals surface area contributed by atoms with Gasteiger partial charge >= 0.3 is 0 Å². The lowest BCUT2D eigenvalue weighted by Gasteiger charge is -2.44. The summed E-state index contributed by atoms with van der Waals surface area (Å²) in [6.07, 6.45) is 6.25. The minimum atomic E-state index is 0.170. The minimum Gasteiger partial charge on any atom is -0.490 e. The summed E-state index contributed by atoms with van der Waals surface area (Å²) in [7, 11) is 0. The number of hydrogen-bond acceptors (Lipinski definition) is 6. The Labute approximate surface area is 229 Å². The predicted octanol–water partition coefficient (Wildman–Crippen LogP) is 5.05. The van der Waals surface area contributed by atoms with E-state index in [-0.39, 0.29) is 6.10 Å². The van der Waals surface area contributed by atoms with E-state index in [9.17, 15) is 0 Å². The van der Waals surface area contributed by atoms with Crippen LogP contribution in [0, 0.1) is 17.2 Å². The van der Waals surface area contributed by atoms with Gasteiger partial charge in [-0.25, -0.2) is 4.98 Å². The van der Waals surface area contributed by atoms with Crippen LogP contribution in [-0.4, -0.2) is 66.8 Å². The van der Waals surface area contributed by atoms with Crippen LogP contribution in [0.1, 0.15) is 42.9 Å². The maximum Gasteiger partial charge on any atom is 0.137 e. The smallest absolute Gasteiger partial charge is 0.137 e. The third-order valence-corrected chi connectivity index (χ3v) is 8.58. The van der Waals surface area contributed by atoms with Gasteiger partial charge in [-0.2, -0.15) is 5.26 Å². The van der Waals surface area contributed by atoms with E-state index in [4.69, 9.17) is 26.6 Å². The molecule has 7 nitrogen and oxygen atoms in total. The topological polar surface area (TPSA) is 80.2 Å². The molecular formula is C30H35ClN6O. The van der Waals surface area contributed by atoms with Crippen molar-refractivity contribution in [3.8, 4) is 23.2 Å². The summed E-state index contributed by atoms with van der Waals surface area (Å²) in [6.45, 7) is 8.13. The average Bonchev–Trinajstić information content (AvgIpc) is 3.42. The molecular weight excluding hydrogens is 496 g/mol. The number of nitrogens with zero attached hydrogens (tertiary/aromatic N) is 4. The van der Waals surface area contributed by atoms with Crippen LogP contribution in [0.4, 0.5) is 5.69 Å². The number of ether oxygens (including phenoxy) is 1. The lowest BCUT2D eigenvalue weighted by atomic mass is 9.85. The summed E-state index contributed by atoms with van der Waals surface area (Å²) in [6, 6.07) is 16.2. The van der Waals surface area contributed by atoms with Crippen molar-refractivity contribution in [2.24, 2.45) is 5.92 Å². The van der Waals surface area contributed by atoms with Crippen molar-refractivity contribution in [2.75, 3.05) is 50.7 Å². The fraction of sp³-hybridized carbons (Fsp3) is 0.467. The Morgan fingerprint density at radius 3 is 2.50 bits per heavy atom. The minimum absolute atomic E-state index is 0.170. The highest BCUT2D eigenvalue weighted by Gasteiger charge is 2.29. The maximum atomic E-state index is 9.06. The Kier molecular flexibility index (Phi) is 7.55. The van der Waals surface area contributed by atoms with Crippen molar-refractivity contribution in [3.05, 3.63) is 64.9 Å². The van der Waals surface area contributed by atoms with Gasteiger partial charge in [-0.1, -0.05) is 11.6 Å². The van der Waals surface area contributed by atoms with Crippen molar-refractivity contribution >= 4 is 17.3 Å². The van der Waals surface area contributed by atoms with Crippen LogP contribution in [0.15, 0.2) is 48.7 Å². The number of aromatic amines is 1. The molecule has 2 aromatic carbocycles. The van der Waals surface area contributed by atoms with Gasteiger partial charge in [0, 0.05) is 86.9 Å². The SMILES string of the molecule is N#Cc1ccc(OC2CCC(c3cnc(-c4ccc(N5CC(CN6CCNCC6)C5)cc4)[nH]3)CC2)cc1Cl. The van der Waals surface area contributed by atoms with Crippen LogP contribution in [0.25, 0.3) is 11.4 Å². The molecule has 3 fully saturated rings. The van der Waals surface area contributed by atoms with Gasteiger partial charge in [-0.3, -0.25) is 0 Å². The fourth-order valence-electron chi connectivity index (χ4n) is 6.02. The van der Waals surface area contributed by atoms with Gasteiger partial charge in [-0.05, 0) is 62.1 Å². The molecule has 0 amide bonds.